The molecule has 0 aliphatic carbocycles. The van der Waals surface area contributed by atoms with E-state index in [4.69, 9.17) is 15.9 Å². The van der Waals surface area contributed by atoms with E-state index >= 15 is 0 Å². The van der Waals surface area contributed by atoms with Crippen molar-refractivity contribution in [2.75, 3.05) is 6.54 Å². The molecule has 0 unspecified atom stereocenters. The minimum Gasteiger partial charge on any atom is -0.504 e. The molecule has 0 amide bonds. The molecule has 0 saturated carbocycles. The topological polar surface area (TPSA) is 66.5 Å². The maximum Gasteiger partial charge on any atom is 0.157 e. The fourth-order valence-corrected chi connectivity index (χ4v) is 4.47. The van der Waals surface area contributed by atoms with Crippen LogP contribution in [0.4, 0.5) is 0 Å². The second-order valence-electron chi connectivity index (χ2n) is 7.78. The van der Waals surface area contributed by atoms with Gasteiger partial charge in [-0.2, -0.15) is 0 Å². The van der Waals surface area contributed by atoms with E-state index in [9.17, 15) is 0 Å². The van der Waals surface area contributed by atoms with E-state index in [1.54, 1.807) is 6.07 Å². The lowest BCUT2D eigenvalue weighted by atomic mass is 9.90. The number of aromatic hydroxyl groups is 2. The molecule has 0 atom stereocenters. The van der Waals surface area contributed by atoms with E-state index in [-0.39, 0.29) is 11.5 Å². The average Bonchev–Trinajstić information content (AvgIpc) is 2.80. The van der Waals surface area contributed by atoms with Crippen LogP contribution in [0.3, 0.4) is 0 Å². The van der Waals surface area contributed by atoms with Gasteiger partial charge in [-0.25, -0.2) is 0 Å². The molecule has 0 aliphatic heterocycles. The number of hydrogen-bond acceptors (Lipinski definition) is 3. The molecule has 3 nitrogen and oxygen atoms in total. The highest BCUT2D eigenvalue weighted by Gasteiger charge is 2.11. The fourth-order valence-electron chi connectivity index (χ4n) is 4.47. The Balaban J connectivity index is 0.000000159. The summed E-state index contributed by atoms with van der Waals surface area (Å²) in [7, 11) is 0. The molecule has 0 fully saturated rings. The van der Waals surface area contributed by atoms with Crippen molar-refractivity contribution in [2.24, 2.45) is 5.73 Å². The highest BCUT2D eigenvalue weighted by Crippen LogP contribution is 2.39. The summed E-state index contributed by atoms with van der Waals surface area (Å²) in [5.41, 5.74) is 6.24. The number of hydrogen-bond donors (Lipinski definition) is 3. The fraction of sp³-hybridized carbons (Fsp3) is 0.0714. The van der Waals surface area contributed by atoms with Crippen LogP contribution in [0.15, 0.2) is 91.0 Å². The largest absolute Gasteiger partial charge is 0.504 e. The van der Waals surface area contributed by atoms with Crippen LogP contribution in [0, 0.1) is 0 Å². The first kappa shape index (κ1) is 19.2. The molecule has 6 aromatic rings. The molecule has 3 heteroatoms. The van der Waals surface area contributed by atoms with Crippen molar-refractivity contribution in [3.63, 3.8) is 0 Å². The lowest BCUT2D eigenvalue weighted by Gasteiger charge is -2.13. The predicted octanol–water partition coefficient (Wildman–Crippen LogP) is 6.34. The zero-order chi connectivity index (χ0) is 21.4. The van der Waals surface area contributed by atoms with E-state index in [2.05, 4.69) is 72.8 Å². The molecule has 0 radical (unpaired) electrons. The molecular weight excluding hydrogens is 382 g/mol. The molecule has 4 N–H and O–H groups in total. The zero-order valence-corrected chi connectivity index (χ0v) is 17.0. The van der Waals surface area contributed by atoms with Crippen LogP contribution >= 0.6 is 0 Å². The lowest BCUT2D eigenvalue weighted by Crippen LogP contribution is -2.02. The standard InChI is InChI=1S/C20H12.C8H11NO2/c1-5-13-6-2-11-17-18-12-4-8-14-7-3-10-16(20(14)18)15(9-1)19(13)17;9-4-3-6-1-2-7(10)8(11)5-6/h1-12H;1-2,5,10-11H,3-4,9H2. The third-order valence-corrected chi connectivity index (χ3v) is 5.86. The van der Waals surface area contributed by atoms with Crippen molar-refractivity contribution in [1.82, 2.24) is 0 Å². The minimum absolute atomic E-state index is 0.0871. The number of rotatable bonds is 2. The molecule has 0 aliphatic rings. The van der Waals surface area contributed by atoms with Crippen LogP contribution in [0.25, 0.3) is 43.1 Å². The second kappa shape index (κ2) is 7.78. The molecule has 0 aromatic heterocycles. The first-order valence-electron chi connectivity index (χ1n) is 10.4. The predicted molar refractivity (Wildman–Crippen MR) is 130 cm³/mol. The molecule has 6 rings (SSSR count). The third-order valence-electron chi connectivity index (χ3n) is 5.86. The molecule has 0 heterocycles. The summed E-state index contributed by atoms with van der Waals surface area (Å²) in [4.78, 5) is 0. The monoisotopic (exact) mass is 405 g/mol. The van der Waals surface area contributed by atoms with E-state index in [0.29, 0.717) is 13.0 Å². The number of nitrogens with two attached hydrogens (primary N) is 1. The lowest BCUT2D eigenvalue weighted by molar-refractivity contribution is 0.403. The van der Waals surface area contributed by atoms with E-state index in [0.717, 1.165) is 5.56 Å². The van der Waals surface area contributed by atoms with Crippen molar-refractivity contribution in [1.29, 1.82) is 0 Å². The molecule has 152 valence electrons. The van der Waals surface area contributed by atoms with Gasteiger partial charge in [0.15, 0.2) is 11.5 Å². The van der Waals surface area contributed by atoms with Crippen molar-refractivity contribution in [3.8, 4) is 11.5 Å². The molecule has 0 spiro atoms. The summed E-state index contributed by atoms with van der Waals surface area (Å²) in [5, 5.41) is 28.9. The van der Waals surface area contributed by atoms with E-state index < -0.39 is 0 Å². The average molecular weight is 405 g/mol. The van der Waals surface area contributed by atoms with Gasteiger partial charge in [-0.1, -0.05) is 78.9 Å². The molecular formula is C28H23NO2. The smallest absolute Gasteiger partial charge is 0.157 e. The Morgan fingerprint density at radius 2 is 1.00 bits per heavy atom. The van der Waals surface area contributed by atoms with Gasteiger partial charge in [0.1, 0.15) is 0 Å². The molecule has 31 heavy (non-hydrogen) atoms. The van der Waals surface area contributed by atoms with E-state index in [1.807, 2.05) is 0 Å². The molecule has 0 saturated heterocycles. The zero-order valence-electron chi connectivity index (χ0n) is 17.0. The van der Waals surface area contributed by atoms with Crippen molar-refractivity contribution < 1.29 is 10.2 Å². The van der Waals surface area contributed by atoms with Gasteiger partial charge in [0.05, 0.1) is 0 Å². The van der Waals surface area contributed by atoms with Gasteiger partial charge < -0.3 is 15.9 Å². The van der Waals surface area contributed by atoms with E-state index in [1.165, 1.54) is 55.2 Å². The van der Waals surface area contributed by atoms with Gasteiger partial charge in [0.25, 0.3) is 0 Å². The van der Waals surface area contributed by atoms with Crippen LogP contribution in [0.5, 0.6) is 11.5 Å². The number of phenols is 2. The van der Waals surface area contributed by atoms with Crippen LogP contribution < -0.4 is 5.73 Å². The Morgan fingerprint density at radius 1 is 0.548 bits per heavy atom. The second-order valence-corrected chi connectivity index (χ2v) is 7.78. The first-order valence-corrected chi connectivity index (χ1v) is 10.4. The van der Waals surface area contributed by atoms with Gasteiger partial charge >= 0.3 is 0 Å². The maximum atomic E-state index is 9.04. The minimum atomic E-state index is -0.0919. The van der Waals surface area contributed by atoms with Crippen LogP contribution in [0.1, 0.15) is 5.56 Å². The summed E-state index contributed by atoms with van der Waals surface area (Å²) in [6.45, 7) is 0.546. The normalized spacial score (nSPS) is 11.3. The SMILES string of the molecule is NCCc1ccc(O)c(O)c1.c1cc2cccc3c4cccc5cccc(c(c1)c23)c54. The highest BCUT2D eigenvalue weighted by molar-refractivity contribution is 6.32. The Labute approximate surface area is 180 Å². The number of phenolic OH excluding ortho intramolecular Hbond substituents is 2. The van der Waals surface area contributed by atoms with Crippen LogP contribution in [-0.4, -0.2) is 16.8 Å². The Hall–Kier alpha value is -3.82. The molecule has 0 bridgehead atoms. The van der Waals surface area contributed by atoms with Gasteiger partial charge in [-0.3, -0.25) is 0 Å². The van der Waals surface area contributed by atoms with Gasteiger partial charge in [0.2, 0.25) is 0 Å². The summed E-state index contributed by atoms with van der Waals surface area (Å²) in [6, 6.07) is 31.2. The van der Waals surface area contributed by atoms with Gasteiger partial charge in [0, 0.05) is 0 Å². The van der Waals surface area contributed by atoms with Crippen molar-refractivity contribution in [2.45, 2.75) is 6.42 Å². The van der Waals surface area contributed by atoms with Gasteiger partial charge in [-0.05, 0) is 73.8 Å². The Kier molecular flexibility index (Phi) is 4.81. The summed E-state index contributed by atoms with van der Waals surface area (Å²) in [5.74, 6) is -0.179. The third kappa shape index (κ3) is 3.29. The first-order chi connectivity index (χ1) is 15.2. The highest BCUT2D eigenvalue weighted by atomic mass is 16.3. The quantitative estimate of drug-likeness (QED) is 0.179. The summed E-state index contributed by atoms with van der Waals surface area (Å²) in [6.07, 6.45) is 0.716. The summed E-state index contributed by atoms with van der Waals surface area (Å²) >= 11 is 0. The summed E-state index contributed by atoms with van der Waals surface area (Å²) < 4.78 is 0. The van der Waals surface area contributed by atoms with Crippen LogP contribution in [-0.2, 0) is 6.42 Å². The van der Waals surface area contributed by atoms with Gasteiger partial charge in [-0.15, -0.1) is 0 Å². The maximum absolute atomic E-state index is 9.04. The Morgan fingerprint density at radius 3 is 1.39 bits per heavy atom. The Bertz CT molecular complexity index is 1350. The van der Waals surface area contributed by atoms with Crippen molar-refractivity contribution in [3.05, 3.63) is 96.6 Å². The molecule has 6 aromatic carbocycles. The number of fused-ring (bicyclic) bond motifs is 2. The van der Waals surface area contributed by atoms with Crippen LogP contribution in [0.2, 0.25) is 0 Å². The van der Waals surface area contributed by atoms with Crippen molar-refractivity contribution >= 4 is 43.1 Å². The number of benzene rings is 6.